The van der Waals surface area contributed by atoms with Crippen molar-refractivity contribution in [3.8, 4) is 0 Å². The zero-order chi connectivity index (χ0) is 11.3. The first-order chi connectivity index (χ1) is 7.06. The van der Waals surface area contributed by atoms with Gasteiger partial charge >= 0.3 is 16.1 Å². The van der Waals surface area contributed by atoms with Crippen LogP contribution in [0.2, 0.25) is 0 Å². The third kappa shape index (κ3) is 3.19. The van der Waals surface area contributed by atoms with Crippen molar-refractivity contribution in [1.29, 1.82) is 0 Å². The van der Waals surface area contributed by atoms with E-state index >= 15 is 0 Å². The van der Waals surface area contributed by atoms with Gasteiger partial charge in [-0.25, -0.2) is 4.79 Å². The van der Waals surface area contributed by atoms with Gasteiger partial charge in [-0.2, -0.15) is 8.42 Å². The summed E-state index contributed by atoms with van der Waals surface area (Å²) in [5, 5.41) is 0. The van der Waals surface area contributed by atoms with Crippen molar-refractivity contribution < 1.29 is 22.4 Å². The molecule has 0 unspecified atom stereocenters. The summed E-state index contributed by atoms with van der Waals surface area (Å²) < 4.78 is 26.7. The Morgan fingerprint density at radius 2 is 1.87 bits per heavy atom. The fourth-order valence-corrected chi connectivity index (χ4v) is 1.46. The molecule has 0 spiro atoms. The van der Waals surface area contributed by atoms with E-state index in [2.05, 4.69) is 15.8 Å². The van der Waals surface area contributed by atoms with Crippen LogP contribution in [0.3, 0.4) is 0 Å². The maximum absolute atomic E-state index is 11.3. The average Bonchev–Trinajstić information content (AvgIpc) is 2.27. The Bertz CT molecular complexity index is 449. The van der Waals surface area contributed by atoms with Gasteiger partial charge in [0.25, 0.3) is 0 Å². The highest BCUT2D eigenvalue weighted by molar-refractivity contribution is 7.86. The molecule has 0 saturated carbocycles. The maximum Gasteiger partial charge on any atom is 0.366 e. The van der Waals surface area contributed by atoms with Gasteiger partial charge in [-0.1, -0.05) is 24.8 Å². The molecule has 0 saturated heterocycles. The summed E-state index contributed by atoms with van der Waals surface area (Å²) in [6.45, 7) is 3.08. The largest absolute Gasteiger partial charge is 0.366 e. The van der Waals surface area contributed by atoms with Gasteiger partial charge in [0, 0.05) is 6.08 Å². The van der Waals surface area contributed by atoms with Crippen LogP contribution in [0.4, 0.5) is 0 Å². The predicted molar refractivity (Wildman–Crippen MR) is 51.0 cm³/mol. The van der Waals surface area contributed by atoms with E-state index in [0.717, 1.165) is 6.08 Å². The smallest absolute Gasteiger partial charge is 0.276 e. The van der Waals surface area contributed by atoms with Crippen LogP contribution in [0.15, 0.2) is 47.9 Å². The molecule has 15 heavy (non-hydrogen) atoms. The molecule has 0 atom stereocenters. The van der Waals surface area contributed by atoms with Crippen molar-refractivity contribution in [2.75, 3.05) is 0 Å². The zero-order valence-corrected chi connectivity index (χ0v) is 8.44. The Labute approximate surface area is 87.0 Å². The van der Waals surface area contributed by atoms with Gasteiger partial charge in [-0.05, 0) is 16.5 Å². The molecular weight excluding hydrogens is 220 g/mol. The summed E-state index contributed by atoms with van der Waals surface area (Å²) in [7, 11) is -4.06. The summed E-state index contributed by atoms with van der Waals surface area (Å²) in [4.78, 5) is 14.4. The predicted octanol–water partition coefficient (Wildman–Crippen LogP) is 1.04. The van der Waals surface area contributed by atoms with Crippen LogP contribution in [-0.4, -0.2) is 14.4 Å². The van der Waals surface area contributed by atoms with Gasteiger partial charge in [0.2, 0.25) is 0 Å². The van der Waals surface area contributed by atoms with E-state index in [1.165, 1.54) is 24.3 Å². The summed E-state index contributed by atoms with van der Waals surface area (Å²) >= 11 is 0. The van der Waals surface area contributed by atoms with E-state index in [0.29, 0.717) is 0 Å². The second-order valence-corrected chi connectivity index (χ2v) is 3.96. The molecule has 5 nitrogen and oxygen atoms in total. The summed E-state index contributed by atoms with van der Waals surface area (Å²) in [6.07, 6.45) is 0.792. The number of carbonyl (C=O) groups excluding carboxylic acids is 1. The van der Waals surface area contributed by atoms with Crippen LogP contribution in [-0.2, 0) is 24.1 Å². The molecule has 0 fully saturated rings. The van der Waals surface area contributed by atoms with Crippen LogP contribution >= 0.6 is 0 Å². The second-order valence-electron chi connectivity index (χ2n) is 2.44. The number of carbonyl (C=O) groups is 1. The highest BCUT2D eigenvalue weighted by Crippen LogP contribution is 2.11. The van der Waals surface area contributed by atoms with Crippen molar-refractivity contribution in [3.05, 3.63) is 43.0 Å². The fourth-order valence-electron chi connectivity index (χ4n) is 0.739. The van der Waals surface area contributed by atoms with Crippen LogP contribution < -0.4 is 0 Å². The normalized spacial score (nSPS) is 10.7. The molecule has 6 heteroatoms. The van der Waals surface area contributed by atoms with E-state index in [4.69, 9.17) is 0 Å². The molecule has 0 aliphatic carbocycles. The topological polar surface area (TPSA) is 69.7 Å². The molecule has 0 aliphatic heterocycles. The van der Waals surface area contributed by atoms with Gasteiger partial charge in [0.15, 0.2) is 0 Å². The van der Waals surface area contributed by atoms with Crippen molar-refractivity contribution in [2.45, 2.75) is 4.90 Å². The van der Waals surface area contributed by atoms with Crippen molar-refractivity contribution in [3.63, 3.8) is 0 Å². The van der Waals surface area contributed by atoms with Crippen LogP contribution in [0.1, 0.15) is 0 Å². The average molecular weight is 228 g/mol. The molecule has 0 heterocycles. The Morgan fingerprint density at radius 1 is 1.27 bits per heavy atom. The van der Waals surface area contributed by atoms with E-state index < -0.39 is 16.1 Å². The monoisotopic (exact) mass is 228 g/mol. The Hall–Kier alpha value is -1.66. The molecule has 80 valence electrons. The van der Waals surface area contributed by atoms with E-state index in [9.17, 15) is 13.2 Å². The number of benzene rings is 1. The van der Waals surface area contributed by atoms with Crippen molar-refractivity contribution in [1.82, 2.24) is 0 Å². The molecule has 1 aromatic carbocycles. The molecule has 1 rings (SSSR count). The van der Waals surface area contributed by atoms with Crippen molar-refractivity contribution in [2.24, 2.45) is 0 Å². The molecule has 1 aromatic rings. The second kappa shape index (κ2) is 4.72. The standard InChI is InChI=1S/C9H8O5S/c1-2-9(10)13-14-15(11,12)8-6-4-3-5-7-8/h2-7H,1H2. The first-order valence-electron chi connectivity index (χ1n) is 3.89. The summed E-state index contributed by atoms with van der Waals surface area (Å²) in [6, 6.07) is 7.32. The fraction of sp³-hybridized carbons (Fsp3) is 0. The maximum atomic E-state index is 11.3. The lowest BCUT2D eigenvalue weighted by Crippen LogP contribution is -2.10. The first kappa shape index (κ1) is 11.4. The molecule has 0 amide bonds. The van der Waals surface area contributed by atoms with Gasteiger partial charge in [0.1, 0.15) is 0 Å². The van der Waals surface area contributed by atoms with E-state index in [1.54, 1.807) is 6.07 Å². The quantitative estimate of drug-likeness (QED) is 0.437. The molecule has 0 radical (unpaired) electrons. The Morgan fingerprint density at radius 3 is 2.40 bits per heavy atom. The Kier molecular flexibility index (Phi) is 3.59. The minimum absolute atomic E-state index is 0.0955. The molecule has 0 N–H and O–H groups in total. The number of hydrogen-bond donors (Lipinski definition) is 0. The zero-order valence-electron chi connectivity index (χ0n) is 7.62. The lowest BCUT2D eigenvalue weighted by atomic mass is 10.4. The Balaban J connectivity index is 2.77. The molecule has 0 bridgehead atoms. The number of hydrogen-bond acceptors (Lipinski definition) is 5. The van der Waals surface area contributed by atoms with E-state index in [-0.39, 0.29) is 4.90 Å². The number of rotatable bonds is 4. The van der Waals surface area contributed by atoms with Crippen LogP contribution in [0.5, 0.6) is 0 Å². The lowest BCUT2D eigenvalue weighted by molar-refractivity contribution is -0.204. The van der Waals surface area contributed by atoms with Gasteiger partial charge < -0.3 is 0 Å². The first-order valence-corrected chi connectivity index (χ1v) is 5.29. The lowest BCUT2D eigenvalue weighted by Gasteiger charge is -2.01. The highest BCUT2D eigenvalue weighted by Gasteiger charge is 2.17. The van der Waals surface area contributed by atoms with Gasteiger partial charge in [-0.15, -0.1) is 0 Å². The molecule has 0 aliphatic rings. The molecule has 0 aromatic heterocycles. The SMILES string of the molecule is C=CC(=O)OOS(=O)(=O)c1ccccc1. The van der Waals surface area contributed by atoms with Crippen molar-refractivity contribution >= 4 is 16.1 Å². The third-order valence-electron chi connectivity index (χ3n) is 1.40. The minimum atomic E-state index is -4.06. The van der Waals surface area contributed by atoms with Crippen LogP contribution in [0, 0.1) is 0 Å². The third-order valence-corrected chi connectivity index (χ3v) is 2.50. The van der Waals surface area contributed by atoms with E-state index in [1.807, 2.05) is 0 Å². The highest BCUT2D eigenvalue weighted by atomic mass is 32.2. The summed E-state index contributed by atoms with van der Waals surface area (Å²) in [5.74, 6) is -0.977. The minimum Gasteiger partial charge on any atom is -0.276 e. The summed E-state index contributed by atoms with van der Waals surface area (Å²) in [5.41, 5.74) is 0. The van der Waals surface area contributed by atoms with Gasteiger partial charge in [0.05, 0.1) is 4.90 Å². The molecular formula is C9H8O5S. The van der Waals surface area contributed by atoms with Gasteiger partial charge in [-0.3, -0.25) is 4.89 Å². The van der Waals surface area contributed by atoms with Crippen LogP contribution in [0.25, 0.3) is 0 Å².